The smallest absolute Gasteiger partial charge is 0.348 e. The molecule has 0 saturated heterocycles. The molecule has 1 rings (SSSR count). The largest absolute Gasteiger partial charge is 0.465 e. The highest BCUT2D eigenvalue weighted by molar-refractivity contribution is 7.13. The number of carbonyl (C=O) groups is 1. The molecule has 0 unspecified atom stereocenters. The Balaban J connectivity index is 2.78. The second kappa shape index (κ2) is 3.93. The van der Waals surface area contributed by atoms with E-state index in [0.717, 1.165) is 4.88 Å². The summed E-state index contributed by atoms with van der Waals surface area (Å²) in [6, 6.07) is 3.57. The molecule has 3 heteroatoms. The maximum atomic E-state index is 11.0. The second-order valence-corrected chi connectivity index (χ2v) is 3.31. The molecule has 1 aromatic rings. The van der Waals surface area contributed by atoms with Crippen LogP contribution in [0.4, 0.5) is 0 Å². The van der Waals surface area contributed by atoms with Crippen LogP contribution in [0, 0.1) is 12.3 Å². The fourth-order valence-corrected chi connectivity index (χ4v) is 1.66. The molecular formula is C9H8O2S. The van der Waals surface area contributed by atoms with E-state index in [2.05, 4.69) is 10.7 Å². The highest BCUT2D eigenvalue weighted by Gasteiger charge is 2.07. The van der Waals surface area contributed by atoms with Crippen molar-refractivity contribution in [3.05, 3.63) is 21.9 Å². The van der Waals surface area contributed by atoms with Gasteiger partial charge in [-0.3, -0.25) is 0 Å². The number of methoxy groups -OCH3 is 1. The number of esters is 1. The van der Waals surface area contributed by atoms with Gasteiger partial charge in [0, 0.05) is 11.3 Å². The standard InChI is InChI=1S/C9H8O2S/c1-3-4-7-5-6-8(12-7)9(10)11-2/h1,5-6H,4H2,2H3. The minimum absolute atomic E-state index is 0.303. The number of hydrogen-bond donors (Lipinski definition) is 0. The maximum Gasteiger partial charge on any atom is 0.348 e. The molecule has 1 aromatic heterocycles. The van der Waals surface area contributed by atoms with Crippen molar-refractivity contribution in [2.45, 2.75) is 6.42 Å². The first-order valence-electron chi connectivity index (χ1n) is 3.38. The summed E-state index contributed by atoms with van der Waals surface area (Å²) in [5, 5.41) is 0. The molecule has 0 fully saturated rings. The van der Waals surface area contributed by atoms with Gasteiger partial charge in [0.1, 0.15) is 4.88 Å². The molecule has 0 N–H and O–H groups in total. The Morgan fingerprint density at radius 3 is 3.08 bits per heavy atom. The van der Waals surface area contributed by atoms with Gasteiger partial charge in [0.05, 0.1) is 7.11 Å². The predicted octanol–water partition coefficient (Wildman–Crippen LogP) is 1.71. The van der Waals surface area contributed by atoms with Crippen molar-refractivity contribution >= 4 is 17.3 Å². The number of ether oxygens (including phenoxy) is 1. The van der Waals surface area contributed by atoms with Gasteiger partial charge in [-0.25, -0.2) is 4.79 Å². The molecular weight excluding hydrogens is 172 g/mol. The highest BCUT2D eigenvalue weighted by Crippen LogP contribution is 2.17. The van der Waals surface area contributed by atoms with Gasteiger partial charge in [-0.2, -0.15) is 0 Å². The van der Waals surface area contributed by atoms with Crippen LogP contribution < -0.4 is 0 Å². The Bertz CT molecular complexity index is 320. The van der Waals surface area contributed by atoms with Gasteiger partial charge in [-0.1, -0.05) is 0 Å². The van der Waals surface area contributed by atoms with E-state index in [4.69, 9.17) is 6.42 Å². The van der Waals surface area contributed by atoms with Gasteiger partial charge in [0.15, 0.2) is 0 Å². The minimum atomic E-state index is -0.303. The molecule has 62 valence electrons. The molecule has 0 radical (unpaired) electrons. The third-order valence-electron chi connectivity index (χ3n) is 1.32. The second-order valence-electron chi connectivity index (χ2n) is 2.14. The summed E-state index contributed by atoms with van der Waals surface area (Å²) in [6.07, 6.45) is 5.69. The predicted molar refractivity (Wildman–Crippen MR) is 48.2 cm³/mol. The lowest BCUT2D eigenvalue weighted by Gasteiger charge is -1.91. The van der Waals surface area contributed by atoms with Crippen LogP contribution in [0.3, 0.4) is 0 Å². The lowest BCUT2D eigenvalue weighted by Crippen LogP contribution is -1.96. The number of carbonyl (C=O) groups excluding carboxylic acids is 1. The van der Waals surface area contributed by atoms with Crippen LogP contribution in [-0.2, 0) is 11.2 Å². The van der Waals surface area contributed by atoms with Crippen molar-refractivity contribution in [1.82, 2.24) is 0 Å². The van der Waals surface area contributed by atoms with Gasteiger partial charge in [-0.05, 0) is 12.1 Å². The summed E-state index contributed by atoms with van der Waals surface area (Å²) in [7, 11) is 1.36. The fourth-order valence-electron chi connectivity index (χ4n) is 0.784. The van der Waals surface area contributed by atoms with Crippen LogP contribution in [0.1, 0.15) is 14.5 Å². The maximum absolute atomic E-state index is 11.0. The van der Waals surface area contributed by atoms with Crippen molar-refractivity contribution in [3.63, 3.8) is 0 Å². The van der Waals surface area contributed by atoms with Gasteiger partial charge < -0.3 is 4.74 Å². The van der Waals surface area contributed by atoms with E-state index in [0.29, 0.717) is 11.3 Å². The van der Waals surface area contributed by atoms with E-state index in [1.54, 1.807) is 6.07 Å². The molecule has 0 aliphatic heterocycles. The summed E-state index contributed by atoms with van der Waals surface area (Å²) in [5.74, 6) is 2.21. The molecule has 1 heterocycles. The van der Waals surface area contributed by atoms with Crippen LogP contribution >= 0.6 is 11.3 Å². The van der Waals surface area contributed by atoms with Gasteiger partial charge >= 0.3 is 5.97 Å². The fraction of sp³-hybridized carbons (Fsp3) is 0.222. The van der Waals surface area contributed by atoms with E-state index in [-0.39, 0.29) is 5.97 Å². The average molecular weight is 180 g/mol. The Kier molecular flexibility index (Phi) is 2.89. The van der Waals surface area contributed by atoms with Gasteiger partial charge in [0.2, 0.25) is 0 Å². The van der Waals surface area contributed by atoms with Crippen LogP contribution in [0.2, 0.25) is 0 Å². The molecule has 0 aliphatic rings. The molecule has 0 bridgehead atoms. The van der Waals surface area contributed by atoms with Crippen molar-refractivity contribution in [2.24, 2.45) is 0 Å². The Labute approximate surface area is 75.2 Å². The quantitative estimate of drug-likeness (QED) is 0.511. The van der Waals surface area contributed by atoms with Crippen LogP contribution in [0.25, 0.3) is 0 Å². The van der Waals surface area contributed by atoms with Crippen LogP contribution in [-0.4, -0.2) is 13.1 Å². The first-order valence-corrected chi connectivity index (χ1v) is 4.20. The molecule has 0 spiro atoms. The molecule has 12 heavy (non-hydrogen) atoms. The summed E-state index contributed by atoms with van der Waals surface area (Å²) in [4.78, 5) is 12.6. The Hall–Kier alpha value is -1.27. The van der Waals surface area contributed by atoms with Crippen molar-refractivity contribution in [1.29, 1.82) is 0 Å². The normalized spacial score (nSPS) is 9.00. The monoisotopic (exact) mass is 180 g/mol. The summed E-state index contributed by atoms with van der Waals surface area (Å²) < 4.78 is 4.55. The summed E-state index contributed by atoms with van der Waals surface area (Å²) in [5.41, 5.74) is 0. The van der Waals surface area contributed by atoms with E-state index in [1.807, 2.05) is 6.07 Å². The third-order valence-corrected chi connectivity index (χ3v) is 2.39. The highest BCUT2D eigenvalue weighted by atomic mass is 32.1. The first-order chi connectivity index (χ1) is 5.77. The third kappa shape index (κ3) is 1.86. The van der Waals surface area contributed by atoms with Crippen molar-refractivity contribution in [2.75, 3.05) is 7.11 Å². The van der Waals surface area contributed by atoms with Crippen molar-refractivity contribution in [3.8, 4) is 12.3 Å². The number of thiophene rings is 1. The Morgan fingerprint density at radius 2 is 2.50 bits per heavy atom. The zero-order valence-corrected chi connectivity index (χ0v) is 7.48. The van der Waals surface area contributed by atoms with E-state index in [9.17, 15) is 4.79 Å². The molecule has 0 aromatic carbocycles. The summed E-state index contributed by atoms with van der Waals surface area (Å²) >= 11 is 1.37. The summed E-state index contributed by atoms with van der Waals surface area (Å²) in [6.45, 7) is 0. The molecule has 2 nitrogen and oxygen atoms in total. The van der Waals surface area contributed by atoms with Crippen LogP contribution in [0.5, 0.6) is 0 Å². The zero-order valence-electron chi connectivity index (χ0n) is 6.66. The van der Waals surface area contributed by atoms with E-state index < -0.39 is 0 Å². The minimum Gasteiger partial charge on any atom is -0.465 e. The number of rotatable bonds is 2. The topological polar surface area (TPSA) is 26.3 Å². The van der Waals surface area contributed by atoms with E-state index >= 15 is 0 Å². The van der Waals surface area contributed by atoms with Crippen LogP contribution in [0.15, 0.2) is 12.1 Å². The lowest BCUT2D eigenvalue weighted by molar-refractivity contribution is 0.0606. The van der Waals surface area contributed by atoms with Gasteiger partial charge in [-0.15, -0.1) is 23.7 Å². The van der Waals surface area contributed by atoms with E-state index in [1.165, 1.54) is 18.4 Å². The molecule has 0 saturated carbocycles. The number of hydrogen-bond acceptors (Lipinski definition) is 3. The Morgan fingerprint density at radius 1 is 1.75 bits per heavy atom. The zero-order chi connectivity index (χ0) is 8.97. The van der Waals surface area contributed by atoms with Crippen molar-refractivity contribution < 1.29 is 9.53 Å². The number of terminal acetylenes is 1. The van der Waals surface area contributed by atoms with Gasteiger partial charge in [0.25, 0.3) is 0 Å². The first kappa shape index (κ1) is 8.82. The SMILES string of the molecule is C#CCc1ccc(C(=O)OC)s1. The average Bonchev–Trinajstić information content (AvgIpc) is 2.52. The molecule has 0 aliphatic carbocycles. The molecule has 0 amide bonds. The molecule has 0 atom stereocenters. The lowest BCUT2D eigenvalue weighted by atomic mass is 10.3.